The van der Waals surface area contributed by atoms with Gasteiger partial charge in [0.1, 0.15) is 4.83 Å². The van der Waals surface area contributed by atoms with E-state index < -0.39 is 0 Å². The Bertz CT molecular complexity index is 828. The highest BCUT2D eigenvalue weighted by Gasteiger charge is 2.20. The number of hydrogen-bond donors (Lipinski definition) is 1. The number of carbonyl (C=O) groups excluding carboxylic acids is 1. The first-order valence-corrected chi connectivity index (χ1v) is 10.9. The van der Waals surface area contributed by atoms with Gasteiger partial charge in [-0.3, -0.25) is 14.2 Å². The summed E-state index contributed by atoms with van der Waals surface area (Å²) in [6.07, 6.45) is 9.24. The zero-order valence-corrected chi connectivity index (χ0v) is 16.9. The van der Waals surface area contributed by atoms with Crippen LogP contribution in [0.2, 0.25) is 0 Å². The molecule has 1 aliphatic rings. The fraction of sp³-hybridized carbons (Fsp3) is 0.650. The molecule has 0 atom stereocenters. The SMILES string of the molecule is CCCCOCCCNC(=O)CCn1cnc2sc3c(c2c1=O)CCCC3. The average Bonchev–Trinajstić information content (AvgIpc) is 3.06. The molecule has 27 heavy (non-hydrogen) atoms. The van der Waals surface area contributed by atoms with Gasteiger partial charge in [0.25, 0.3) is 5.56 Å². The number of carbonyl (C=O) groups is 1. The van der Waals surface area contributed by atoms with Crippen LogP contribution in [-0.2, 0) is 28.9 Å². The van der Waals surface area contributed by atoms with Crippen molar-refractivity contribution < 1.29 is 9.53 Å². The highest BCUT2D eigenvalue weighted by molar-refractivity contribution is 7.18. The molecule has 1 amide bonds. The van der Waals surface area contributed by atoms with Crippen LogP contribution in [0.25, 0.3) is 10.2 Å². The van der Waals surface area contributed by atoms with E-state index in [1.54, 1.807) is 22.2 Å². The molecule has 0 spiro atoms. The van der Waals surface area contributed by atoms with Crippen LogP contribution in [0.3, 0.4) is 0 Å². The summed E-state index contributed by atoms with van der Waals surface area (Å²) in [5.41, 5.74) is 1.19. The highest BCUT2D eigenvalue weighted by Crippen LogP contribution is 2.33. The van der Waals surface area contributed by atoms with Gasteiger partial charge in [0.05, 0.1) is 11.7 Å². The Labute approximate surface area is 163 Å². The van der Waals surface area contributed by atoms with Crippen molar-refractivity contribution in [1.29, 1.82) is 0 Å². The summed E-state index contributed by atoms with van der Waals surface area (Å²) in [4.78, 5) is 31.5. The van der Waals surface area contributed by atoms with Gasteiger partial charge in [-0.05, 0) is 44.1 Å². The summed E-state index contributed by atoms with van der Waals surface area (Å²) in [7, 11) is 0. The van der Waals surface area contributed by atoms with Gasteiger partial charge in [0.15, 0.2) is 0 Å². The molecule has 2 aromatic rings. The summed E-state index contributed by atoms with van der Waals surface area (Å²) in [6, 6.07) is 0. The Morgan fingerprint density at radius 3 is 2.96 bits per heavy atom. The maximum absolute atomic E-state index is 12.8. The van der Waals surface area contributed by atoms with Crippen molar-refractivity contribution >= 4 is 27.5 Å². The van der Waals surface area contributed by atoms with Crippen molar-refractivity contribution in [3.8, 4) is 0 Å². The van der Waals surface area contributed by atoms with E-state index in [0.29, 0.717) is 19.7 Å². The Kier molecular flexibility index (Phi) is 7.41. The van der Waals surface area contributed by atoms with E-state index in [1.165, 1.54) is 16.9 Å². The minimum atomic E-state index is -0.0390. The first-order valence-electron chi connectivity index (χ1n) is 10.0. The lowest BCUT2D eigenvalue weighted by atomic mass is 9.97. The predicted molar refractivity (Wildman–Crippen MR) is 108 cm³/mol. The van der Waals surface area contributed by atoms with Crippen molar-refractivity contribution in [2.24, 2.45) is 0 Å². The third-order valence-corrected chi connectivity index (χ3v) is 6.15. The maximum atomic E-state index is 12.8. The van der Waals surface area contributed by atoms with Gasteiger partial charge >= 0.3 is 0 Å². The van der Waals surface area contributed by atoms with Gasteiger partial charge in [0.2, 0.25) is 5.91 Å². The van der Waals surface area contributed by atoms with Crippen molar-refractivity contribution in [2.45, 2.75) is 64.8 Å². The molecule has 0 radical (unpaired) electrons. The molecule has 6 nitrogen and oxygen atoms in total. The molecule has 0 unspecified atom stereocenters. The van der Waals surface area contributed by atoms with Gasteiger partial charge in [-0.1, -0.05) is 13.3 Å². The number of nitrogens with zero attached hydrogens (tertiary/aromatic N) is 2. The standard InChI is InChI=1S/C20H29N3O3S/c1-2-3-12-26-13-6-10-21-17(24)9-11-23-14-22-19-18(20(23)25)15-7-4-5-8-16(15)27-19/h14H,2-13H2,1H3,(H,21,24). The molecule has 0 aromatic carbocycles. The van der Waals surface area contributed by atoms with Crippen molar-refractivity contribution in [1.82, 2.24) is 14.9 Å². The fourth-order valence-electron chi connectivity index (χ4n) is 3.40. The molecule has 0 fully saturated rings. The van der Waals surface area contributed by atoms with Gasteiger partial charge in [-0.15, -0.1) is 11.3 Å². The van der Waals surface area contributed by atoms with Gasteiger partial charge < -0.3 is 10.1 Å². The molecule has 2 aromatic heterocycles. The molecule has 2 heterocycles. The third kappa shape index (κ3) is 5.17. The summed E-state index contributed by atoms with van der Waals surface area (Å²) < 4.78 is 7.06. The van der Waals surface area contributed by atoms with Crippen LogP contribution in [-0.4, -0.2) is 35.2 Å². The zero-order chi connectivity index (χ0) is 19.1. The van der Waals surface area contributed by atoms with Gasteiger partial charge in [-0.2, -0.15) is 0 Å². The molecule has 0 bridgehead atoms. The average molecular weight is 392 g/mol. The molecule has 1 aliphatic carbocycles. The first-order chi connectivity index (χ1) is 13.2. The van der Waals surface area contributed by atoms with Crippen molar-refractivity contribution in [3.63, 3.8) is 0 Å². The Morgan fingerprint density at radius 2 is 2.11 bits per heavy atom. The first kappa shape index (κ1) is 20.0. The lowest BCUT2D eigenvalue weighted by Crippen LogP contribution is -2.28. The highest BCUT2D eigenvalue weighted by atomic mass is 32.1. The number of ether oxygens (including phenoxy) is 1. The maximum Gasteiger partial charge on any atom is 0.262 e. The molecule has 148 valence electrons. The van der Waals surface area contributed by atoms with E-state index in [0.717, 1.165) is 55.3 Å². The topological polar surface area (TPSA) is 73.2 Å². The van der Waals surface area contributed by atoms with E-state index in [4.69, 9.17) is 4.74 Å². The number of hydrogen-bond acceptors (Lipinski definition) is 5. The third-order valence-electron chi connectivity index (χ3n) is 4.95. The number of aryl methyl sites for hydroxylation is 3. The monoisotopic (exact) mass is 391 g/mol. The second-order valence-electron chi connectivity index (χ2n) is 7.05. The molecule has 3 rings (SSSR count). The van der Waals surface area contributed by atoms with Crippen molar-refractivity contribution in [3.05, 3.63) is 27.1 Å². The Morgan fingerprint density at radius 1 is 1.30 bits per heavy atom. The van der Waals surface area contributed by atoms with Crippen LogP contribution in [0.15, 0.2) is 11.1 Å². The quantitative estimate of drug-likeness (QED) is 0.632. The number of aromatic nitrogens is 2. The van der Waals surface area contributed by atoms with Crippen LogP contribution < -0.4 is 10.9 Å². The van der Waals surface area contributed by atoms with E-state index in [9.17, 15) is 9.59 Å². The van der Waals surface area contributed by atoms with E-state index >= 15 is 0 Å². The molecule has 0 saturated heterocycles. The number of nitrogens with one attached hydrogen (secondary N) is 1. The number of thiophene rings is 1. The van der Waals surface area contributed by atoms with E-state index in [-0.39, 0.29) is 17.9 Å². The number of unbranched alkanes of at least 4 members (excludes halogenated alkanes) is 1. The summed E-state index contributed by atoms with van der Waals surface area (Å²) in [6.45, 7) is 4.56. The molecule has 7 heteroatoms. The Hall–Kier alpha value is -1.73. The Balaban J connectivity index is 1.49. The summed E-state index contributed by atoms with van der Waals surface area (Å²) in [5.74, 6) is -0.0390. The second kappa shape index (κ2) is 9.99. The number of rotatable bonds is 10. The van der Waals surface area contributed by atoms with Crippen LogP contribution in [0, 0.1) is 0 Å². The lowest BCUT2D eigenvalue weighted by Gasteiger charge is -2.10. The molecule has 0 saturated carbocycles. The van der Waals surface area contributed by atoms with E-state index in [1.807, 2.05) is 0 Å². The molecular weight excluding hydrogens is 362 g/mol. The number of amides is 1. The van der Waals surface area contributed by atoms with Crippen LogP contribution in [0.5, 0.6) is 0 Å². The smallest absolute Gasteiger partial charge is 0.262 e. The normalized spacial score (nSPS) is 13.7. The molecular formula is C20H29N3O3S. The van der Waals surface area contributed by atoms with Gasteiger partial charge in [-0.25, -0.2) is 4.98 Å². The van der Waals surface area contributed by atoms with Crippen molar-refractivity contribution in [2.75, 3.05) is 19.8 Å². The lowest BCUT2D eigenvalue weighted by molar-refractivity contribution is -0.121. The largest absolute Gasteiger partial charge is 0.381 e. The summed E-state index contributed by atoms with van der Waals surface area (Å²) in [5, 5.41) is 3.67. The minimum absolute atomic E-state index is 0.00322. The van der Waals surface area contributed by atoms with Crippen LogP contribution in [0.1, 0.15) is 55.9 Å². The predicted octanol–water partition coefficient (Wildman–Crippen LogP) is 3.05. The fourth-order valence-corrected chi connectivity index (χ4v) is 4.62. The molecule has 0 aliphatic heterocycles. The second-order valence-corrected chi connectivity index (χ2v) is 8.14. The van der Waals surface area contributed by atoms with Crippen LogP contribution in [0.4, 0.5) is 0 Å². The van der Waals surface area contributed by atoms with Gasteiger partial charge in [0, 0.05) is 37.6 Å². The minimum Gasteiger partial charge on any atom is -0.381 e. The zero-order valence-electron chi connectivity index (χ0n) is 16.1. The summed E-state index contributed by atoms with van der Waals surface area (Å²) >= 11 is 1.65. The van der Waals surface area contributed by atoms with Crippen LogP contribution >= 0.6 is 11.3 Å². The van der Waals surface area contributed by atoms with E-state index in [2.05, 4.69) is 17.2 Å². The number of fused-ring (bicyclic) bond motifs is 3. The molecule has 1 N–H and O–H groups in total.